The molecule has 2 atom stereocenters. The molecule has 0 bridgehead atoms. The van der Waals surface area contributed by atoms with Crippen molar-refractivity contribution >= 4 is 19.8 Å². The van der Waals surface area contributed by atoms with Crippen molar-refractivity contribution in [2.24, 2.45) is 5.73 Å². The van der Waals surface area contributed by atoms with Crippen LogP contribution in [0.3, 0.4) is 0 Å². The first-order valence-corrected chi connectivity index (χ1v) is 23.3. The molecule has 0 heterocycles. The van der Waals surface area contributed by atoms with Crippen LogP contribution in [0.1, 0.15) is 181 Å². The summed E-state index contributed by atoms with van der Waals surface area (Å²) in [5.41, 5.74) is 5.34. The lowest BCUT2D eigenvalue weighted by atomic mass is 10.1. The maximum atomic E-state index is 12.6. The van der Waals surface area contributed by atoms with Crippen LogP contribution in [0.5, 0.6) is 0 Å². The van der Waals surface area contributed by atoms with Crippen LogP contribution in [0.2, 0.25) is 0 Å². The van der Waals surface area contributed by atoms with Gasteiger partial charge in [-0.1, -0.05) is 152 Å². The third-order valence-corrected chi connectivity index (χ3v) is 9.87. The Labute approximate surface area is 336 Å². The van der Waals surface area contributed by atoms with Crippen LogP contribution in [-0.4, -0.2) is 49.3 Å². The number of carbonyl (C=O) groups is 2. The average molecular weight is 794 g/mol. The van der Waals surface area contributed by atoms with Crippen molar-refractivity contribution in [2.45, 2.75) is 187 Å². The summed E-state index contributed by atoms with van der Waals surface area (Å²) in [5, 5.41) is 0. The summed E-state index contributed by atoms with van der Waals surface area (Å²) in [7, 11) is -4.39. The summed E-state index contributed by atoms with van der Waals surface area (Å²) in [5.74, 6) is -0.885. The van der Waals surface area contributed by atoms with Gasteiger partial charge in [0.1, 0.15) is 6.61 Å². The highest BCUT2D eigenvalue weighted by molar-refractivity contribution is 7.47. The molecule has 0 aliphatic heterocycles. The molecule has 0 aromatic carbocycles. The number of esters is 2. The summed E-state index contributed by atoms with van der Waals surface area (Å²) in [6, 6.07) is 0. The Morgan fingerprint density at radius 1 is 0.564 bits per heavy atom. The van der Waals surface area contributed by atoms with E-state index in [1.165, 1.54) is 77.0 Å². The third-order valence-electron chi connectivity index (χ3n) is 8.89. The Morgan fingerprint density at radius 2 is 1.00 bits per heavy atom. The number of hydrogen-bond acceptors (Lipinski definition) is 8. The number of unbranched alkanes of at least 4 members (excludes halogenated alkanes) is 17. The quantitative estimate of drug-likeness (QED) is 0.0269. The van der Waals surface area contributed by atoms with Gasteiger partial charge in [0.05, 0.1) is 13.2 Å². The topological polar surface area (TPSA) is 134 Å². The van der Waals surface area contributed by atoms with Crippen LogP contribution in [0.25, 0.3) is 0 Å². The Hall–Kier alpha value is -2.29. The second-order valence-electron chi connectivity index (χ2n) is 14.2. The monoisotopic (exact) mass is 794 g/mol. The molecule has 0 aromatic rings. The molecule has 0 spiro atoms. The van der Waals surface area contributed by atoms with Crippen molar-refractivity contribution in [2.75, 3.05) is 26.4 Å². The number of hydrogen-bond donors (Lipinski definition) is 2. The molecule has 0 aliphatic rings. The maximum absolute atomic E-state index is 12.6. The Kier molecular flexibility index (Phi) is 39.6. The van der Waals surface area contributed by atoms with Crippen molar-refractivity contribution in [3.05, 3.63) is 60.8 Å². The number of ether oxygens (including phenoxy) is 2. The van der Waals surface area contributed by atoms with E-state index in [4.69, 9.17) is 24.3 Å². The molecule has 0 rings (SSSR count). The minimum atomic E-state index is -4.39. The molecule has 0 radical (unpaired) electrons. The van der Waals surface area contributed by atoms with Crippen LogP contribution in [0, 0.1) is 0 Å². The van der Waals surface area contributed by atoms with Crippen molar-refractivity contribution in [1.29, 1.82) is 0 Å². The van der Waals surface area contributed by atoms with Gasteiger partial charge in [0, 0.05) is 19.4 Å². The molecule has 0 saturated carbocycles. The summed E-state index contributed by atoms with van der Waals surface area (Å²) in [6.07, 6.45) is 48.3. The molecular formula is C45H80NO8P. The van der Waals surface area contributed by atoms with Crippen molar-refractivity contribution in [3.63, 3.8) is 0 Å². The van der Waals surface area contributed by atoms with E-state index >= 15 is 0 Å². The second-order valence-corrected chi connectivity index (χ2v) is 15.6. The van der Waals surface area contributed by atoms with Crippen LogP contribution >= 0.6 is 7.82 Å². The molecule has 1 unspecified atom stereocenters. The van der Waals surface area contributed by atoms with E-state index in [-0.39, 0.29) is 32.6 Å². The van der Waals surface area contributed by atoms with Gasteiger partial charge in [-0.25, -0.2) is 4.57 Å². The normalized spacial score (nSPS) is 13.9. The van der Waals surface area contributed by atoms with Crippen LogP contribution in [0.15, 0.2) is 60.8 Å². The first kappa shape index (κ1) is 52.7. The maximum Gasteiger partial charge on any atom is 0.472 e. The van der Waals surface area contributed by atoms with Crippen LogP contribution in [-0.2, 0) is 32.7 Å². The second kappa shape index (κ2) is 41.3. The predicted molar refractivity (Wildman–Crippen MR) is 229 cm³/mol. The third kappa shape index (κ3) is 41.2. The standard InChI is InChI=1S/C45H80NO8P/c1-3-5-7-9-11-13-15-17-19-20-21-22-24-26-28-30-32-34-36-38-45(48)54-43(42-53-55(49,50)52-40-39-46)41-51-44(47)37-35-33-31-29-27-25-23-18-16-14-12-10-8-6-4-2/h6,8,12,14,18,20-21,23,27,29,43H,3-5,7,9-11,13,15-17,19,22,24-26,28,30-42,46H2,1-2H3,(H,49,50)/b8-6-,14-12-,21-20-,23-18-,29-27-/t43-/m1/s1. The smallest absolute Gasteiger partial charge is 0.462 e. The molecule has 0 aliphatic carbocycles. The van der Waals surface area contributed by atoms with Crippen molar-refractivity contribution in [1.82, 2.24) is 0 Å². The van der Waals surface area contributed by atoms with E-state index in [1.807, 2.05) is 0 Å². The molecule has 3 N–H and O–H groups in total. The molecule has 0 saturated heterocycles. The van der Waals surface area contributed by atoms with Gasteiger partial charge in [-0.15, -0.1) is 0 Å². The first-order valence-electron chi connectivity index (χ1n) is 21.8. The van der Waals surface area contributed by atoms with E-state index in [0.29, 0.717) is 12.8 Å². The summed E-state index contributed by atoms with van der Waals surface area (Å²) in [4.78, 5) is 34.8. The van der Waals surface area contributed by atoms with Crippen molar-refractivity contribution in [3.8, 4) is 0 Å². The lowest BCUT2D eigenvalue weighted by Gasteiger charge is -2.19. The summed E-state index contributed by atoms with van der Waals surface area (Å²) < 4.78 is 32.7. The van der Waals surface area contributed by atoms with Gasteiger partial charge in [-0.05, 0) is 77.0 Å². The minimum absolute atomic E-state index is 0.0446. The molecule has 318 valence electrons. The molecule has 10 heteroatoms. The highest BCUT2D eigenvalue weighted by Crippen LogP contribution is 2.43. The van der Waals surface area contributed by atoms with Gasteiger partial charge in [0.2, 0.25) is 0 Å². The average Bonchev–Trinajstić information content (AvgIpc) is 3.17. The Bertz CT molecular complexity index is 1090. The summed E-state index contributed by atoms with van der Waals surface area (Å²) >= 11 is 0. The molecule has 0 amide bonds. The highest BCUT2D eigenvalue weighted by atomic mass is 31.2. The number of carbonyl (C=O) groups excluding carboxylic acids is 2. The van der Waals surface area contributed by atoms with E-state index in [0.717, 1.165) is 64.2 Å². The molecule has 0 fully saturated rings. The van der Waals surface area contributed by atoms with Gasteiger partial charge < -0.3 is 20.1 Å². The van der Waals surface area contributed by atoms with Gasteiger partial charge in [-0.3, -0.25) is 18.6 Å². The number of nitrogens with two attached hydrogens (primary N) is 1. The lowest BCUT2D eigenvalue weighted by Crippen LogP contribution is -2.29. The van der Waals surface area contributed by atoms with Crippen LogP contribution < -0.4 is 5.73 Å². The zero-order chi connectivity index (χ0) is 40.3. The predicted octanol–water partition coefficient (Wildman–Crippen LogP) is 12.5. The lowest BCUT2D eigenvalue weighted by molar-refractivity contribution is -0.161. The van der Waals surface area contributed by atoms with Gasteiger partial charge >= 0.3 is 19.8 Å². The molecule has 55 heavy (non-hydrogen) atoms. The van der Waals surface area contributed by atoms with E-state index in [1.54, 1.807) is 0 Å². The highest BCUT2D eigenvalue weighted by Gasteiger charge is 2.26. The van der Waals surface area contributed by atoms with Gasteiger partial charge in [0.25, 0.3) is 0 Å². The van der Waals surface area contributed by atoms with Crippen molar-refractivity contribution < 1.29 is 37.6 Å². The fraction of sp³-hybridized carbons (Fsp3) is 0.733. The fourth-order valence-corrected chi connectivity index (χ4v) is 6.44. The van der Waals surface area contributed by atoms with Gasteiger partial charge in [-0.2, -0.15) is 0 Å². The van der Waals surface area contributed by atoms with E-state index in [2.05, 4.69) is 74.6 Å². The number of allylic oxidation sites excluding steroid dienone is 10. The number of rotatable bonds is 40. The molecule has 9 nitrogen and oxygen atoms in total. The Morgan fingerprint density at radius 3 is 1.55 bits per heavy atom. The zero-order valence-corrected chi connectivity index (χ0v) is 35.8. The SMILES string of the molecule is CC/C=C\C/C=C\C/C=C\C/C=C\CCCCC(=O)OC[C@H](COP(=O)(O)OCCN)OC(=O)CCCCCCCCC/C=C\CCCCCCCCCC. The van der Waals surface area contributed by atoms with E-state index < -0.39 is 32.5 Å². The Balaban J connectivity index is 4.21. The fourth-order valence-electron chi connectivity index (χ4n) is 5.68. The molecular weight excluding hydrogens is 713 g/mol. The minimum Gasteiger partial charge on any atom is -0.462 e. The van der Waals surface area contributed by atoms with Gasteiger partial charge in [0.15, 0.2) is 6.10 Å². The summed E-state index contributed by atoms with van der Waals surface area (Å²) in [6.45, 7) is 3.56. The van der Waals surface area contributed by atoms with E-state index in [9.17, 15) is 19.0 Å². The molecule has 0 aromatic heterocycles. The zero-order valence-electron chi connectivity index (χ0n) is 34.9. The van der Waals surface area contributed by atoms with Crippen LogP contribution in [0.4, 0.5) is 0 Å². The number of phosphoric acid groups is 1. The first-order chi connectivity index (χ1) is 26.8. The number of phosphoric ester groups is 1. The largest absolute Gasteiger partial charge is 0.472 e.